The standard InChI is InChI=1S/C9H19NO.C2H6/c1-3-9(4-6-10-2)5-7-11-8-9;1-2/h10H,3-8H2,1-2H3;1-2H3. The summed E-state index contributed by atoms with van der Waals surface area (Å²) in [6.07, 6.45) is 3.78. The van der Waals surface area contributed by atoms with Gasteiger partial charge in [0.1, 0.15) is 0 Å². The Hall–Kier alpha value is -0.0800. The summed E-state index contributed by atoms with van der Waals surface area (Å²) in [6, 6.07) is 0. The Morgan fingerprint density at radius 2 is 2.08 bits per heavy atom. The first-order valence-corrected chi connectivity index (χ1v) is 5.55. The summed E-state index contributed by atoms with van der Waals surface area (Å²) >= 11 is 0. The average Bonchev–Trinajstić information content (AvgIpc) is 2.67. The molecule has 0 amide bonds. The maximum absolute atomic E-state index is 5.42. The van der Waals surface area contributed by atoms with Crippen molar-refractivity contribution in [1.82, 2.24) is 5.32 Å². The molecular formula is C11H25NO. The predicted molar refractivity (Wildman–Crippen MR) is 58.1 cm³/mol. The molecule has 1 N–H and O–H groups in total. The first-order chi connectivity index (χ1) is 6.33. The van der Waals surface area contributed by atoms with Crippen LogP contribution in [0.15, 0.2) is 0 Å². The van der Waals surface area contributed by atoms with Gasteiger partial charge in [-0.25, -0.2) is 0 Å². The van der Waals surface area contributed by atoms with Crippen LogP contribution in [0, 0.1) is 5.41 Å². The second-order valence-corrected chi connectivity index (χ2v) is 3.51. The first-order valence-electron chi connectivity index (χ1n) is 5.55. The summed E-state index contributed by atoms with van der Waals surface area (Å²) in [7, 11) is 2.01. The van der Waals surface area contributed by atoms with E-state index in [4.69, 9.17) is 4.74 Å². The summed E-state index contributed by atoms with van der Waals surface area (Å²) < 4.78 is 5.42. The fourth-order valence-corrected chi connectivity index (χ4v) is 1.69. The van der Waals surface area contributed by atoms with Crippen molar-refractivity contribution in [3.63, 3.8) is 0 Å². The van der Waals surface area contributed by atoms with Crippen LogP contribution in [0.1, 0.15) is 40.0 Å². The zero-order chi connectivity index (χ0) is 10.2. The molecule has 80 valence electrons. The zero-order valence-electron chi connectivity index (χ0n) is 9.65. The van der Waals surface area contributed by atoms with Crippen molar-refractivity contribution < 1.29 is 4.74 Å². The lowest BCUT2D eigenvalue weighted by Crippen LogP contribution is -2.25. The zero-order valence-corrected chi connectivity index (χ0v) is 9.65. The van der Waals surface area contributed by atoms with Crippen molar-refractivity contribution in [2.75, 3.05) is 26.8 Å². The Bertz CT molecular complexity index is 109. The van der Waals surface area contributed by atoms with Gasteiger partial charge in [-0.1, -0.05) is 20.8 Å². The van der Waals surface area contributed by atoms with Crippen LogP contribution in [0.3, 0.4) is 0 Å². The van der Waals surface area contributed by atoms with Crippen LogP contribution in [0.4, 0.5) is 0 Å². The van der Waals surface area contributed by atoms with Crippen molar-refractivity contribution >= 4 is 0 Å². The van der Waals surface area contributed by atoms with E-state index in [0.717, 1.165) is 19.8 Å². The lowest BCUT2D eigenvalue weighted by atomic mass is 9.81. The van der Waals surface area contributed by atoms with Crippen molar-refractivity contribution in [2.45, 2.75) is 40.0 Å². The Kier molecular flexibility index (Phi) is 7.29. The van der Waals surface area contributed by atoms with Gasteiger partial charge in [0.05, 0.1) is 6.61 Å². The minimum absolute atomic E-state index is 0.503. The molecule has 13 heavy (non-hydrogen) atoms. The van der Waals surface area contributed by atoms with Crippen LogP contribution < -0.4 is 5.32 Å². The Morgan fingerprint density at radius 3 is 2.46 bits per heavy atom. The molecule has 0 radical (unpaired) electrons. The molecule has 2 heteroatoms. The van der Waals surface area contributed by atoms with E-state index in [1.165, 1.54) is 19.3 Å². The molecule has 1 fully saturated rings. The van der Waals surface area contributed by atoms with Crippen LogP contribution in [0.25, 0.3) is 0 Å². The quantitative estimate of drug-likeness (QED) is 0.730. The third-order valence-corrected chi connectivity index (χ3v) is 2.84. The topological polar surface area (TPSA) is 21.3 Å². The molecule has 1 saturated heterocycles. The van der Waals surface area contributed by atoms with Crippen LogP contribution >= 0.6 is 0 Å². The highest BCUT2D eigenvalue weighted by Gasteiger charge is 2.31. The minimum atomic E-state index is 0.503. The van der Waals surface area contributed by atoms with E-state index in [2.05, 4.69) is 12.2 Å². The number of hydrogen-bond donors (Lipinski definition) is 1. The maximum Gasteiger partial charge on any atom is 0.0523 e. The van der Waals surface area contributed by atoms with Gasteiger partial charge in [0.25, 0.3) is 0 Å². The van der Waals surface area contributed by atoms with E-state index >= 15 is 0 Å². The predicted octanol–water partition coefficient (Wildman–Crippen LogP) is 2.44. The van der Waals surface area contributed by atoms with Crippen molar-refractivity contribution in [2.24, 2.45) is 5.41 Å². The van der Waals surface area contributed by atoms with Gasteiger partial charge < -0.3 is 10.1 Å². The number of nitrogens with one attached hydrogen (secondary N) is 1. The van der Waals surface area contributed by atoms with Gasteiger partial charge in [-0.2, -0.15) is 0 Å². The second-order valence-electron chi connectivity index (χ2n) is 3.51. The molecule has 0 spiro atoms. The number of rotatable bonds is 4. The van der Waals surface area contributed by atoms with Gasteiger partial charge in [0.2, 0.25) is 0 Å². The molecular weight excluding hydrogens is 162 g/mol. The molecule has 0 bridgehead atoms. The fraction of sp³-hybridized carbons (Fsp3) is 1.00. The van der Waals surface area contributed by atoms with E-state index in [0.29, 0.717) is 5.41 Å². The van der Waals surface area contributed by atoms with Gasteiger partial charge in [0, 0.05) is 6.61 Å². The van der Waals surface area contributed by atoms with Gasteiger partial charge in [-0.3, -0.25) is 0 Å². The van der Waals surface area contributed by atoms with E-state index in [1.807, 2.05) is 20.9 Å². The SMILES string of the molecule is CC.CCC1(CCNC)CCOC1. The molecule has 1 atom stereocenters. The summed E-state index contributed by atoms with van der Waals surface area (Å²) in [5.74, 6) is 0. The van der Waals surface area contributed by atoms with Crippen molar-refractivity contribution in [3.8, 4) is 0 Å². The summed E-state index contributed by atoms with van der Waals surface area (Å²) in [6.45, 7) is 9.34. The Balaban J connectivity index is 0.000000671. The number of ether oxygens (including phenoxy) is 1. The van der Waals surface area contributed by atoms with E-state index in [-0.39, 0.29) is 0 Å². The molecule has 2 nitrogen and oxygen atoms in total. The molecule has 0 aromatic heterocycles. The van der Waals surface area contributed by atoms with Gasteiger partial charge in [0.15, 0.2) is 0 Å². The van der Waals surface area contributed by atoms with E-state index in [9.17, 15) is 0 Å². The third kappa shape index (κ3) is 4.10. The molecule has 1 unspecified atom stereocenters. The molecule has 0 saturated carbocycles. The minimum Gasteiger partial charge on any atom is -0.381 e. The Morgan fingerprint density at radius 1 is 1.38 bits per heavy atom. The molecule has 1 heterocycles. The van der Waals surface area contributed by atoms with Crippen molar-refractivity contribution in [3.05, 3.63) is 0 Å². The lowest BCUT2D eigenvalue weighted by Gasteiger charge is -2.25. The highest BCUT2D eigenvalue weighted by Crippen LogP contribution is 2.35. The molecule has 1 rings (SSSR count). The lowest BCUT2D eigenvalue weighted by molar-refractivity contribution is 0.143. The van der Waals surface area contributed by atoms with E-state index < -0.39 is 0 Å². The van der Waals surface area contributed by atoms with Crippen LogP contribution in [-0.2, 0) is 4.74 Å². The van der Waals surface area contributed by atoms with Gasteiger partial charge >= 0.3 is 0 Å². The molecule has 1 aliphatic rings. The highest BCUT2D eigenvalue weighted by atomic mass is 16.5. The fourth-order valence-electron chi connectivity index (χ4n) is 1.69. The molecule has 0 aromatic rings. The van der Waals surface area contributed by atoms with Gasteiger partial charge in [-0.05, 0) is 38.3 Å². The van der Waals surface area contributed by atoms with Crippen molar-refractivity contribution in [1.29, 1.82) is 0 Å². The second kappa shape index (κ2) is 7.34. The highest BCUT2D eigenvalue weighted by molar-refractivity contribution is 4.82. The normalized spacial score (nSPS) is 26.8. The summed E-state index contributed by atoms with van der Waals surface area (Å²) in [5.41, 5.74) is 0.503. The van der Waals surface area contributed by atoms with Crippen LogP contribution in [-0.4, -0.2) is 26.8 Å². The monoisotopic (exact) mass is 187 g/mol. The third-order valence-electron chi connectivity index (χ3n) is 2.84. The maximum atomic E-state index is 5.42. The molecule has 0 aliphatic carbocycles. The van der Waals surface area contributed by atoms with E-state index in [1.54, 1.807) is 0 Å². The van der Waals surface area contributed by atoms with Crippen LogP contribution in [0.5, 0.6) is 0 Å². The number of hydrogen-bond acceptors (Lipinski definition) is 2. The largest absolute Gasteiger partial charge is 0.381 e. The smallest absolute Gasteiger partial charge is 0.0523 e. The molecule has 1 aliphatic heterocycles. The Labute approximate surface area is 83.1 Å². The average molecular weight is 187 g/mol. The summed E-state index contributed by atoms with van der Waals surface area (Å²) in [5, 5.41) is 3.20. The van der Waals surface area contributed by atoms with Gasteiger partial charge in [-0.15, -0.1) is 0 Å². The molecule has 0 aromatic carbocycles. The first kappa shape index (κ1) is 12.9. The summed E-state index contributed by atoms with van der Waals surface area (Å²) in [4.78, 5) is 0. The van der Waals surface area contributed by atoms with Crippen LogP contribution in [0.2, 0.25) is 0 Å².